The van der Waals surface area contributed by atoms with Crippen LogP contribution in [0.2, 0.25) is 0 Å². The summed E-state index contributed by atoms with van der Waals surface area (Å²) in [6, 6.07) is 67.4. The number of nitrogens with one attached hydrogen (secondary N) is 2. The molecule has 2 atom stereocenters. The molecular formula is C58H46N8O2. The van der Waals surface area contributed by atoms with E-state index in [1.54, 1.807) is 14.2 Å². The number of hydrogen-bond donors (Lipinski definition) is 2. The number of imidazole rings is 2. The van der Waals surface area contributed by atoms with Crippen molar-refractivity contribution in [1.82, 2.24) is 19.9 Å². The van der Waals surface area contributed by atoms with Crippen LogP contribution in [-0.2, 0) is 0 Å². The molecular weight excluding hydrogens is 841 g/mol. The van der Waals surface area contributed by atoms with E-state index in [-0.39, 0.29) is 12.1 Å². The lowest BCUT2D eigenvalue weighted by Crippen LogP contribution is -2.18. The molecule has 0 spiro atoms. The summed E-state index contributed by atoms with van der Waals surface area (Å²) < 4.78 is 11.0. The van der Waals surface area contributed by atoms with Gasteiger partial charge < -0.3 is 19.4 Å². The Balaban J connectivity index is 0.793. The number of ether oxygens (including phenoxy) is 2. The lowest BCUT2D eigenvalue weighted by molar-refractivity contribution is 0.414. The van der Waals surface area contributed by atoms with E-state index in [4.69, 9.17) is 29.6 Å². The Bertz CT molecular complexity index is 3170. The highest BCUT2D eigenvalue weighted by Gasteiger charge is 2.32. The predicted molar refractivity (Wildman–Crippen MR) is 274 cm³/mol. The molecule has 2 aliphatic heterocycles. The number of aromatic amines is 2. The molecule has 10 aromatic rings. The Morgan fingerprint density at radius 3 is 1.12 bits per heavy atom. The zero-order chi connectivity index (χ0) is 45.6. The number of aromatic nitrogens is 4. The fourth-order valence-electron chi connectivity index (χ4n) is 9.45. The summed E-state index contributed by atoms with van der Waals surface area (Å²) in [6.07, 6.45) is 1.52. The van der Waals surface area contributed by atoms with E-state index in [2.05, 4.69) is 141 Å². The molecule has 2 N–H and O–H groups in total. The van der Waals surface area contributed by atoms with E-state index < -0.39 is 0 Å². The van der Waals surface area contributed by atoms with Crippen molar-refractivity contribution in [2.45, 2.75) is 24.9 Å². The summed E-state index contributed by atoms with van der Waals surface area (Å²) in [5.74, 6) is 3.35. The smallest absolute Gasteiger partial charge is 0.138 e. The van der Waals surface area contributed by atoms with E-state index in [1.165, 1.54) is 11.1 Å². The second-order valence-corrected chi connectivity index (χ2v) is 17.2. The van der Waals surface area contributed by atoms with Gasteiger partial charge in [0.05, 0.1) is 71.2 Å². The van der Waals surface area contributed by atoms with E-state index in [9.17, 15) is 0 Å². The minimum atomic E-state index is 0.0148. The van der Waals surface area contributed by atoms with Crippen molar-refractivity contribution in [3.05, 3.63) is 216 Å². The average molecular weight is 887 g/mol. The maximum Gasteiger partial charge on any atom is 0.138 e. The van der Waals surface area contributed by atoms with Crippen LogP contribution in [-0.4, -0.2) is 45.6 Å². The van der Waals surface area contributed by atoms with Gasteiger partial charge in [0.25, 0.3) is 0 Å². The fourth-order valence-corrected chi connectivity index (χ4v) is 9.45. The van der Waals surface area contributed by atoms with Crippen LogP contribution < -0.4 is 19.5 Å². The van der Waals surface area contributed by atoms with Gasteiger partial charge in [-0.3, -0.25) is 10.0 Å². The van der Waals surface area contributed by atoms with Gasteiger partial charge in [-0.15, -0.1) is 0 Å². The van der Waals surface area contributed by atoms with Crippen LogP contribution in [0.1, 0.15) is 47.2 Å². The Hall–Kier alpha value is -8.76. The predicted octanol–water partition coefficient (Wildman–Crippen LogP) is 13.2. The zero-order valence-electron chi connectivity index (χ0n) is 37.5. The number of H-pyrrole nitrogens is 2. The van der Waals surface area contributed by atoms with Gasteiger partial charge in [-0.25, -0.2) is 9.97 Å². The molecule has 8 aromatic carbocycles. The van der Waals surface area contributed by atoms with Crippen molar-refractivity contribution in [3.63, 3.8) is 0 Å². The number of hydrazone groups is 2. The molecule has 330 valence electrons. The van der Waals surface area contributed by atoms with Gasteiger partial charge in [0.1, 0.15) is 23.1 Å². The van der Waals surface area contributed by atoms with Crippen molar-refractivity contribution in [2.75, 3.05) is 24.2 Å². The Morgan fingerprint density at radius 1 is 0.397 bits per heavy atom. The largest absolute Gasteiger partial charge is 0.497 e. The number of methoxy groups -OCH3 is 2. The molecule has 0 radical (unpaired) electrons. The molecule has 2 aromatic heterocycles. The number of benzene rings is 8. The van der Waals surface area contributed by atoms with E-state index >= 15 is 0 Å². The third-order valence-corrected chi connectivity index (χ3v) is 13.2. The Labute approximate surface area is 393 Å². The molecule has 68 heavy (non-hydrogen) atoms. The summed E-state index contributed by atoms with van der Waals surface area (Å²) in [5.41, 5.74) is 16.9. The van der Waals surface area contributed by atoms with Crippen molar-refractivity contribution in [3.8, 4) is 45.4 Å². The standard InChI is InChI=1S/C58H46N8O2/c1-67-47-31-23-41(24-32-47)55-35-53(63-65(55)45-27-19-43(20-28-45)57-59-49-7-3-4-8-50(49)60-57)39-15-11-37(12-16-39)38-13-17-40(18-14-38)54-36-56(42-25-33-48(68-2)34-26-42)66(64-54)46-29-21-44(22-30-46)58-61-51-9-5-6-10-52(51)62-58/h3-34,55-56H,35-36H2,1-2H3,(H,59,60)(H,61,62). The Morgan fingerprint density at radius 2 is 0.750 bits per heavy atom. The summed E-state index contributed by atoms with van der Waals surface area (Å²) in [7, 11) is 3.39. The molecule has 12 rings (SSSR count). The van der Waals surface area contributed by atoms with Gasteiger partial charge in [-0.2, -0.15) is 10.2 Å². The van der Waals surface area contributed by atoms with Gasteiger partial charge in [-0.05, 0) is 130 Å². The fraction of sp³-hybridized carbons (Fsp3) is 0.103. The molecule has 0 bridgehead atoms. The van der Waals surface area contributed by atoms with Gasteiger partial charge in [0.15, 0.2) is 0 Å². The maximum absolute atomic E-state index is 5.50. The quantitative estimate of drug-likeness (QED) is 0.134. The number of hydrogen-bond acceptors (Lipinski definition) is 8. The number of anilines is 2. The van der Waals surface area contributed by atoms with Crippen LogP contribution in [0.15, 0.2) is 204 Å². The first-order valence-corrected chi connectivity index (χ1v) is 22.9. The second kappa shape index (κ2) is 17.2. The summed E-state index contributed by atoms with van der Waals surface area (Å²) >= 11 is 0. The second-order valence-electron chi connectivity index (χ2n) is 17.2. The SMILES string of the molecule is COc1ccc(C2CC(c3ccc(-c4ccc(C5=NN(c6ccc(-c7nc8ccccc8[nH]7)cc6)C(c6ccc(OC)cc6)C5)cc4)cc3)=NN2c2ccc(-c3nc4ccccc4[nH]3)cc2)cc1. The highest BCUT2D eigenvalue weighted by Crippen LogP contribution is 2.40. The van der Waals surface area contributed by atoms with Gasteiger partial charge in [-0.1, -0.05) is 97.1 Å². The molecule has 0 aliphatic carbocycles. The van der Waals surface area contributed by atoms with Crippen LogP contribution in [0.25, 0.3) is 56.0 Å². The summed E-state index contributed by atoms with van der Waals surface area (Å²) in [6.45, 7) is 0. The van der Waals surface area contributed by atoms with Gasteiger partial charge >= 0.3 is 0 Å². The monoisotopic (exact) mass is 886 g/mol. The zero-order valence-corrected chi connectivity index (χ0v) is 37.5. The minimum Gasteiger partial charge on any atom is -0.497 e. The van der Waals surface area contributed by atoms with E-state index in [0.29, 0.717) is 0 Å². The van der Waals surface area contributed by atoms with Crippen LogP contribution in [0.4, 0.5) is 11.4 Å². The first-order valence-electron chi connectivity index (χ1n) is 22.9. The normalized spacial score (nSPS) is 15.8. The average Bonchev–Trinajstić information content (AvgIpc) is 4.24. The molecule has 10 heteroatoms. The van der Waals surface area contributed by atoms with Crippen molar-refractivity contribution in [2.24, 2.45) is 10.2 Å². The van der Waals surface area contributed by atoms with Crippen LogP contribution >= 0.6 is 0 Å². The van der Waals surface area contributed by atoms with Crippen molar-refractivity contribution in [1.29, 1.82) is 0 Å². The van der Waals surface area contributed by atoms with Gasteiger partial charge in [0.2, 0.25) is 0 Å². The molecule has 4 heterocycles. The number of para-hydroxylation sites is 4. The minimum absolute atomic E-state index is 0.0148. The van der Waals surface area contributed by atoms with Crippen LogP contribution in [0, 0.1) is 0 Å². The van der Waals surface area contributed by atoms with Crippen LogP contribution in [0.5, 0.6) is 11.5 Å². The molecule has 0 saturated heterocycles. The summed E-state index contributed by atoms with van der Waals surface area (Å²) in [4.78, 5) is 16.5. The number of rotatable bonds is 11. The molecule has 2 unspecified atom stereocenters. The lowest BCUT2D eigenvalue weighted by Gasteiger charge is -2.24. The highest BCUT2D eigenvalue weighted by molar-refractivity contribution is 6.05. The lowest BCUT2D eigenvalue weighted by atomic mass is 9.95. The first kappa shape index (κ1) is 40.7. The molecule has 2 aliphatic rings. The number of fused-ring (bicyclic) bond motifs is 2. The topological polar surface area (TPSA) is 107 Å². The molecule has 0 amide bonds. The van der Waals surface area contributed by atoms with E-state index in [0.717, 1.165) is 114 Å². The molecule has 0 saturated carbocycles. The third kappa shape index (κ3) is 7.71. The van der Waals surface area contributed by atoms with Crippen LogP contribution in [0.3, 0.4) is 0 Å². The van der Waals surface area contributed by atoms with Crippen molar-refractivity contribution < 1.29 is 9.47 Å². The third-order valence-electron chi connectivity index (χ3n) is 13.2. The maximum atomic E-state index is 5.50. The van der Waals surface area contributed by atoms with Crippen molar-refractivity contribution >= 4 is 44.9 Å². The van der Waals surface area contributed by atoms with E-state index in [1.807, 2.05) is 72.8 Å². The highest BCUT2D eigenvalue weighted by atomic mass is 16.5. The Kier molecular flexibility index (Phi) is 10.3. The number of nitrogens with zero attached hydrogens (tertiary/aromatic N) is 6. The molecule has 0 fully saturated rings. The summed E-state index contributed by atoms with van der Waals surface area (Å²) in [5, 5.41) is 14.9. The first-order chi connectivity index (χ1) is 33.5. The molecule has 10 nitrogen and oxygen atoms in total. The van der Waals surface area contributed by atoms with Gasteiger partial charge in [0, 0.05) is 24.0 Å².